The summed E-state index contributed by atoms with van der Waals surface area (Å²) in [5.74, 6) is 0.658. The Kier molecular flexibility index (Phi) is 5.64. The van der Waals surface area contributed by atoms with Crippen LogP contribution in [0.2, 0.25) is 0 Å². The van der Waals surface area contributed by atoms with Crippen LogP contribution in [0.3, 0.4) is 0 Å². The van der Waals surface area contributed by atoms with E-state index in [1.807, 2.05) is 65.4 Å². The number of nitrogens with one attached hydrogen (secondary N) is 1. The van der Waals surface area contributed by atoms with E-state index in [-0.39, 0.29) is 18.6 Å². The number of ether oxygens (including phenoxy) is 2. The van der Waals surface area contributed by atoms with Crippen LogP contribution >= 0.6 is 11.3 Å². The lowest BCUT2D eigenvalue weighted by Gasteiger charge is -2.08. The molecule has 1 aliphatic heterocycles. The topological polar surface area (TPSA) is 78.3 Å². The average Bonchev–Trinajstić information content (AvgIpc) is 3.54. The molecule has 7 nitrogen and oxygen atoms in total. The zero-order valence-corrected chi connectivity index (χ0v) is 17.7. The summed E-state index contributed by atoms with van der Waals surface area (Å²) in [6.07, 6.45) is 3.90. The maximum atomic E-state index is 12.5. The van der Waals surface area contributed by atoms with E-state index < -0.39 is 0 Å². The van der Waals surface area contributed by atoms with E-state index in [0.717, 1.165) is 46.7 Å². The van der Waals surface area contributed by atoms with Crippen LogP contribution in [-0.4, -0.2) is 27.3 Å². The second-order valence-corrected chi connectivity index (χ2v) is 8.44. The van der Waals surface area contributed by atoms with Crippen LogP contribution in [0, 0.1) is 0 Å². The summed E-state index contributed by atoms with van der Waals surface area (Å²) in [5, 5.41) is 13.4. The maximum Gasteiger partial charge on any atom is 0.246 e. The molecule has 1 N–H and O–H groups in total. The summed E-state index contributed by atoms with van der Waals surface area (Å²) in [5.41, 5.74) is 2.09. The SMILES string of the molecule is O=C(Cn1ccc2cc(OCc3ccccc3)ccc21)Nc1nnc(C2CCCO2)s1. The predicted octanol–water partition coefficient (Wildman–Crippen LogP) is 4.56. The highest BCUT2D eigenvalue weighted by Crippen LogP contribution is 2.32. The van der Waals surface area contributed by atoms with Crippen LogP contribution in [0.25, 0.3) is 10.9 Å². The highest BCUT2D eigenvalue weighted by Gasteiger charge is 2.22. The third kappa shape index (κ3) is 4.60. The first kappa shape index (κ1) is 19.7. The number of hydrogen-bond donors (Lipinski definition) is 1. The third-order valence-electron chi connectivity index (χ3n) is 5.20. The first-order valence-electron chi connectivity index (χ1n) is 10.2. The van der Waals surface area contributed by atoms with Crippen molar-refractivity contribution in [3.8, 4) is 5.75 Å². The molecule has 1 amide bonds. The van der Waals surface area contributed by atoms with Gasteiger partial charge in [-0.05, 0) is 42.7 Å². The molecule has 1 saturated heterocycles. The molecule has 1 atom stereocenters. The minimum Gasteiger partial charge on any atom is -0.489 e. The fourth-order valence-corrected chi connectivity index (χ4v) is 4.49. The van der Waals surface area contributed by atoms with Crippen LogP contribution < -0.4 is 10.1 Å². The van der Waals surface area contributed by atoms with Gasteiger partial charge in [-0.1, -0.05) is 41.7 Å². The van der Waals surface area contributed by atoms with Crippen LogP contribution in [0.15, 0.2) is 60.8 Å². The molecule has 4 aromatic rings. The standard InChI is InChI=1S/C23H22N4O3S/c28-21(24-23-26-25-22(31-23)20-7-4-12-29-20)14-27-11-10-17-13-18(8-9-19(17)27)30-15-16-5-2-1-3-6-16/h1-3,5-6,8-11,13,20H,4,7,12,14-15H2,(H,24,26,28). The van der Waals surface area contributed by atoms with Crippen molar-refractivity contribution in [1.29, 1.82) is 0 Å². The Balaban J connectivity index is 1.21. The van der Waals surface area contributed by atoms with Gasteiger partial charge in [0, 0.05) is 23.7 Å². The summed E-state index contributed by atoms with van der Waals surface area (Å²) in [6.45, 7) is 1.47. The lowest BCUT2D eigenvalue weighted by Crippen LogP contribution is -2.18. The van der Waals surface area contributed by atoms with Crippen molar-refractivity contribution in [3.63, 3.8) is 0 Å². The Morgan fingerprint density at radius 2 is 2.10 bits per heavy atom. The van der Waals surface area contributed by atoms with Gasteiger partial charge in [0.15, 0.2) is 0 Å². The number of fused-ring (bicyclic) bond motifs is 1. The summed E-state index contributed by atoms with van der Waals surface area (Å²) in [6, 6.07) is 17.9. The number of amides is 1. The molecule has 0 aliphatic carbocycles. The summed E-state index contributed by atoms with van der Waals surface area (Å²) >= 11 is 1.38. The predicted molar refractivity (Wildman–Crippen MR) is 119 cm³/mol. The summed E-state index contributed by atoms with van der Waals surface area (Å²) in [7, 11) is 0. The number of nitrogens with zero attached hydrogens (tertiary/aromatic N) is 3. The lowest BCUT2D eigenvalue weighted by atomic mass is 10.2. The Morgan fingerprint density at radius 1 is 1.19 bits per heavy atom. The Bertz CT molecular complexity index is 1180. The van der Waals surface area contributed by atoms with Crippen LogP contribution in [-0.2, 0) is 22.7 Å². The van der Waals surface area contributed by atoms with Crippen molar-refractivity contribution in [3.05, 3.63) is 71.4 Å². The van der Waals surface area contributed by atoms with Crippen LogP contribution in [0.5, 0.6) is 5.75 Å². The molecule has 1 aliphatic rings. The molecule has 0 saturated carbocycles. The van der Waals surface area contributed by atoms with E-state index in [4.69, 9.17) is 9.47 Å². The molecular formula is C23H22N4O3S. The quantitative estimate of drug-likeness (QED) is 0.461. The number of aromatic nitrogens is 3. The summed E-state index contributed by atoms with van der Waals surface area (Å²) < 4.78 is 13.4. The summed E-state index contributed by atoms with van der Waals surface area (Å²) in [4.78, 5) is 12.5. The van der Waals surface area contributed by atoms with E-state index in [1.165, 1.54) is 11.3 Å². The van der Waals surface area contributed by atoms with Crippen LogP contribution in [0.4, 0.5) is 5.13 Å². The van der Waals surface area contributed by atoms with Crippen molar-refractivity contribution in [2.24, 2.45) is 0 Å². The second-order valence-electron chi connectivity index (χ2n) is 7.43. The third-order valence-corrected chi connectivity index (χ3v) is 6.13. The van der Waals surface area contributed by atoms with E-state index in [0.29, 0.717) is 11.7 Å². The van der Waals surface area contributed by atoms with Gasteiger partial charge in [-0.15, -0.1) is 10.2 Å². The number of hydrogen-bond acceptors (Lipinski definition) is 6. The van der Waals surface area contributed by atoms with Gasteiger partial charge in [-0.2, -0.15) is 0 Å². The minimum absolute atomic E-state index is 0.00912. The zero-order chi connectivity index (χ0) is 21.0. The van der Waals surface area contributed by atoms with Crippen molar-refractivity contribution in [1.82, 2.24) is 14.8 Å². The van der Waals surface area contributed by atoms with Gasteiger partial charge in [-0.25, -0.2) is 0 Å². The fraction of sp³-hybridized carbons (Fsp3) is 0.261. The fourth-order valence-electron chi connectivity index (χ4n) is 3.65. The van der Waals surface area contributed by atoms with Crippen molar-refractivity contribution in [2.75, 3.05) is 11.9 Å². The molecule has 0 spiro atoms. The molecule has 31 heavy (non-hydrogen) atoms. The van der Waals surface area contributed by atoms with Crippen molar-refractivity contribution >= 4 is 33.3 Å². The normalized spacial score (nSPS) is 15.9. The van der Waals surface area contributed by atoms with Gasteiger partial charge in [0.2, 0.25) is 11.0 Å². The highest BCUT2D eigenvalue weighted by molar-refractivity contribution is 7.15. The molecule has 0 radical (unpaired) electrons. The molecule has 1 fully saturated rings. The number of benzene rings is 2. The van der Waals surface area contributed by atoms with Gasteiger partial charge in [0.25, 0.3) is 0 Å². The molecular weight excluding hydrogens is 412 g/mol. The van der Waals surface area contributed by atoms with Gasteiger partial charge in [0.1, 0.15) is 30.0 Å². The second kappa shape index (κ2) is 8.87. The maximum absolute atomic E-state index is 12.5. The largest absolute Gasteiger partial charge is 0.489 e. The Hall–Kier alpha value is -3.23. The molecule has 3 heterocycles. The van der Waals surface area contributed by atoms with Crippen molar-refractivity contribution < 1.29 is 14.3 Å². The van der Waals surface area contributed by atoms with E-state index >= 15 is 0 Å². The first-order chi connectivity index (χ1) is 15.2. The van der Waals surface area contributed by atoms with E-state index in [1.54, 1.807) is 0 Å². The molecule has 8 heteroatoms. The van der Waals surface area contributed by atoms with E-state index in [9.17, 15) is 4.79 Å². The Labute approximate surface area is 183 Å². The average molecular weight is 435 g/mol. The van der Waals surface area contributed by atoms with E-state index in [2.05, 4.69) is 15.5 Å². The number of carbonyl (C=O) groups is 1. The highest BCUT2D eigenvalue weighted by atomic mass is 32.1. The number of carbonyl (C=O) groups excluding carboxylic acids is 1. The monoisotopic (exact) mass is 434 g/mol. The molecule has 2 aromatic heterocycles. The van der Waals surface area contributed by atoms with Gasteiger partial charge in [0.05, 0.1) is 0 Å². The lowest BCUT2D eigenvalue weighted by molar-refractivity contribution is -0.116. The van der Waals surface area contributed by atoms with Crippen LogP contribution in [0.1, 0.15) is 29.5 Å². The minimum atomic E-state index is -0.142. The van der Waals surface area contributed by atoms with Gasteiger partial charge >= 0.3 is 0 Å². The zero-order valence-electron chi connectivity index (χ0n) is 16.9. The van der Waals surface area contributed by atoms with Crippen molar-refractivity contribution in [2.45, 2.75) is 32.1 Å². The molecule has 1 unspecified atom stereocenters. The number of anilines is 1. The van der Waals surface area contributed by atoms with Gasteiger partial charge < -0.3 is 14.0 Å². The molecule has 0 bridgehead atoms. The first-order valence-corrected chi connectivity index (χ1v) is 11.1. The molecule has 5 rings (SSSR count). The molecule has 2 aromatic carbocycles. The number of rotatable bonds is 7. The molecule has 158 valence electrons. The smallest absolute Gasteiger partial charge is 0.246 e. The Morgan fingerprint density at radius 3 is 2.94 bits per heavy atom. The van der Waals surface area contributed by atoms with Gasteiger partial charge in [-0.3, -0.25) is 10.1 Å².